The molecule has 1 fully saturated rings. The van der Waals surface area contributed by atoms with Crippen molar-refractivity contribution in [3.8, 4) is 0 Å². The van der Waals surface area contributed by atoms with E-state index in [4.69, 9.17) is 0 Å². The first kappa shape index (κ1) is 16.8. The summed E-state index contributed by atoms with van der Waals surface area (Å²) in [5, 5.41) is 0. The Labute approximate surface area is 145 Å². The van der Waals surface area contributed by atoms with Crippen LogP contribution in [0.25, 0.3) is 6.08 Å². The Morgan fingerprint density at radius 3 is 2.48 bits per heavy atom. The lowest BCUT2D eigenvalue weighted by Crippen LogP contribution is -2.50. The van der Waals surface area contributed by atoms with E-state index < -0.39 is 5.82 Å². The van der Waals surface area contributed by atoms with Crippen LogP contribution in [0.2, 0.25) is 0 Å². The van der Waals surface area contributed by atoms with Crippen molar-refractivity contribution in [2.45, 2.75) is 0 Å². The van der Waals surface area contributed by atoms with Crippen LogP contribution in [0.15, 0.2) is 54.9 Å². The van der Waals surface area contributed by atoms with Gasteiger partial charge in [-0.05, 0) is 35.9 Å². The minimum Gasteiger partial charge on any atom is -0.336 e. The number of nitrogens with zero attached hydrogens (tertiary/aromatic N) is 3. The molecule has 0 N–H and O–H groups in total. The van der Waals surface area contributed by atoms with Gasteiger partial charge in [-0.15, -0.1) is 0 Å². The molecule has 5 nitrogen and oxygen atoms in total. The van der Waals surface area contributed by atoms with Gasteiger partial charge in [0.1, 0.15) is 5.82 Å². The molecule has 1 aliphatic rings. The second kappa shape index (κ2) is 7.70. The molecule has 128 valence electrons. The number of amides is 2. The van der Waals surface area contributed by atoms with Crippen LogP contribution in [0, 0.1) is 5.82 Å². The fourth-order valence-electron chi connectivity index (χ4n) is 2.68. The number of carbonyl (C=O) groups is 2. The summed E-state index contributed by atoms with van der Waals surface area (Å²) in [6.07, 6.45) is 6.59. The summed E-state index contributed by atoms with van der Waals surface area (Å²) >= 11 is 0. The van der Waals surface area contributed by atoms with Gasteiger partial charge in [0.05, 0.1) is 0 Å². The van der Waals surface area contributed by atoms with Gasteiger partial charge in [0.2, 0.25) is 5.91 Å². The lowest BCUT2D eigenvalue weighted by atomic mass is 10.1. The molecule has 3 rings (SSSR count). The number of hydrogen-bond acceptors (Lipinski definition) is 3. The average Bonchev–Trinajstić information content (AvgIpc) is 2.66. The minimum atomic E-state index is -0.430. The van der Waals surface area contributed by atoms with Gasteiger partial charge in [-0.1, -0.05) is 12.1 Å². The zero-order valence-corrected chi connectivity index (χ0v) is 13.6. The molecule has 25 heavy (non-hydrogen) atoms. The summed E-state index contributed by atoms with van der Waals surface area (Å²) in [5.74, 6) is -0.737. The Hall–Kier alpha value is -3.02. The highest BCUT2D eigenvalue weighted by molar-refractivity contribution is 5.95. The first-order valence-electron chi connectivity index (χ1n) is 8.05. The van der Waals surface area contributed by atoms with Crippen molar-refractivity contribution in [2.75, 3.05) is 26.2 Å². The van der Waals surface area contributed by atoms with Crippen molar-refractivity contribution in [3.05, 3.63) is 71.8 Å². The number of rotatable bonds is 3. The van der Waals surface area contributed by atoms with Gasteiger partial charge in [0, 0.05) is 50.2 Å². The molecule has 0 aliphatic carbocycles. The molecule has 0 saturated carbocycles. The molecule has 1 aromatic heterocycles. The Morgan fingerprint density at radius 1 is 1.04 bits per heavy atom. The van der Waals surface area contributed by atoms with Crippen LogP contribution >= 0.6 is 0 Å². The number of benzene rings is 1. The summed E-state index contributed by atoms with van der Waals surface area (Å²) < 4.78 is 13.3. The van der Waals surface area contributed by atoms with Gasteiger partial charge in [-0.25, -0.2) is 4.39 Å². The van der Waals surface area contributed by atoms with E-state index in [0.717, 1.165) is 5.56 Å². The van der Waals surface area contributed by atoms with Gasteiger partial charge in [0.25, 0.3) is 5.91 Å². The molecule has 1 saturated heterocycles. The molecule has 2 amide bonds. The van der Waals surface area contributed by atoms with Crippen molar-refractivity contribution >= 4 is 17.9 Å². The molecule has 0 atom stereocenters. The molecule has 0 unspecified atom stereocenters. The molecule has 0 spiro atoms. The summed E-state index contributed by atoms with van der Waals surface area (Å²) in [4.78, 5) is 31.9. The smallest absolute Gasteiger partial charge is 0.254 e. The maximum absolute atomic E-state index is 13.3. The fourth-order valence-corrected chi connectivity index (χ4v) is 2.68. The van der Waals surface area contributed by atoms with Gasteiger partial charge in [0.15, 0.2) is 0 Å². The Bertz CT molecular complexity index is 784. The molecular formula is C19H18FN3O2. The van der Waals surface area contributed by atoms with E-state index in [1.54, 1.807) is 40.4 Å². The SMILES string of the molecule is O=C(/C=C/c1cccnc1)N1CCN(C(=O)c2cccc(F)c2)CC1. The van der Waals surface area contributed by atoms with E-state index in [9.17, 15) is 14.0 Å². The van der Waals surface area contributed by atoms with Crippen molar-refractivity contribution in [1.82, 2.24) is 14.8 Å². The molecular weight excluding hydrogens is 321 g/mol. The summed E-state index contributed by atoms with van der Waals surface area (Å²) in [5.41, 5.74) is 1.19. The van der Waals surface area contributed by atoms with Crippen molar-refractivity contribution in [3.63, 3.8) is 0 Å². The monoisotopic (exact) mass is 339 g/mol. The van der Waals surface area contributed by atoms with Crippen LogP contribution in [0.5, 0.6) is 0 Å². The molecule has 2 aromatic rings. The molecule has 2 heterocycles. The predicted molar refractivity (Wildman–Crippen MR) is 92.2 cm³/mol. The lowest BCUT2D eigenvalue weighted by molar-refractivity contribution is -0.127. The predicted octanol–water partition coefficient (Wildman–Crippen LogP) is 2.22. The van der Waals surface area contributed by atoms with Gasteiger partial charge < -0.3 is 9.80 Å². The highest BCUT2D eigenvalue weighted by atomic mass is 19.1. The average molecular weight is 339 g/mol. The maximum Gasteiger partial charge on any atom is 0.254 e. The van der Waals surface area contributed by atoms with E-state index in [0.29, 0.717) is 31.7 Å². The molecule has 6 heteroatoms. The number of piperazine rings is 1. The third-order valence-electron chi connectivity index (χ3n) is 4.05. The summed E-state index contributed by atoms with van der Waals surface area (Å²) in [6.45, 7) is 1.78. The third-order valence-corrected chi connectivity index (χ3v) is 4.05. The number of aromatic nitrogens is 1. The quantitative estimate of drug-likeness (QED) is 0.806. The standard InChI is InChI=1S/C19H18FN3O2/c20-17-5-1-4-16(13-17)19(25)23-11-9-22(10-12-23)18(24)7-6-15-3-2-8-21-14-15/h1-8,13-14H,9-12H2/b7-6+. The molecule has 1 aromatic carbocycles. The molecule has 1 aliphatic heterocycles. The topological polar surface area (TPSA) is 53.5 Å². The Balaban J connectivity index is 1.55. The number of pyridine rings is 1. The summed E-state index contributed by atoms with van der Waals surface area (Å²) in [7, 11) is 0. The first-order valence-corrected chi connectivity index (χ1v) is 8.05. The highest BCUT2D eigenvalue weighted by Crippen LogP contribution is 2.11. The molecule has 0 radical (unpaired) electrons. The van der Waals surface area contributed by atoms with Gasteiger partial charge >= 0.3 is 0 Å². The van der Waals surface area contributed by atoms with Crippen LogP contribution in [0.3, 0.4) is 0 Å². The second-order valence-electron chi connectivity index (χ2n) is 5.75. The normalized spacial score (nSPS) is 14.8. The van der Waals surface area contributed by atoms with Crippen LogP contribution in [0.1, 0.15) is 15.9 Å². The zero-order valence-electron chi connectivity index (χ0n) is 13.6. The van der Waals surface area contributed by atoms with Crippen molar-refractivity contribution in [2.24, 2.45) is 0 Å². The van der Waals surface area contributed by atoms with Crippen molar-refractivity contribution in [1.29, 1.82) is 0 Å². The fraction of sp³-hybridized carbons (Fsp3) is 0.211. The van der Waals surface area contributed by atoms with E-state index in [1.807, 2.05) is 6.07 Å². The first-order chi connectivity index (χ1) is 12.1. The minimum absolute atomic E-state index is 0.0956. The zero-order chi connectivity index (χ0) is 17.6. The van der Waals surface area contributed by atoms with Crippen LogP contribution in [-0.2, 0) is 4.79 Å². The Morgan fingerprint density at radius 2 is 1.80 bits per heavy atom. The third kappa shape index (κ3) is 4.29. The van der Waals surface area contributed by atoms with Crippen molar-refractivity contribution < 1.29 is 14.0 Å². The van der Waals surface area contributed by atoms with E-state index >= 15 is 0 Å². The number of hydrogen-bond donors (Lipinski definition) is 0. The van der Waals surface area contributed by atoms with Gasteiger partial charge in [-0.2, -0.15) is 0 Å². The number of halogens is 1. The molecule has 0 bridgehead atoms. The van der Waals surface area contributed by atoms with E-state index in [1.165, 1.54) is 24.3 Å². The van der Waals surface area contributed by atoms with Crippen LogP contribution in [-0.4, -0.2) is 52.8 Å². The Kier molecular flexibility index (Phi) is 5.18. The summed E-state index contributed by atoms with van der Waals surface area (Å²) in [6, 6.07) is 9.33. The van der Waals surface area contributed by atoms with Crippen LogP contribution < -0.4 is 0 Å². The van der Waals surface area contributed by atoms with E-state index in [2.05, 4.69) is 4.98 Å². The maximum atomic E-state index is 13.3. The number of carbonyl (C=O) groups excluding carboxylic acids is 2. The van der Waals surface area contributed by atoms with Gasteiger partial charge in [-0.3, -0.25) is 14.6 Å². The second-order valence-corrected chi connectivity index (χ2v) is 5.75. The lowest BCUT2D eigenvalue weighted by Gasteiger charge is -2.34. The largest absolute Gasteiger partial charge is 0.336 e. The van der Waals surface area contributed by atoms with Crippen LogP contribution in [0.4, 0.5) is 4.39 Å². The van der Waals surface area contributed by atoms with E-state index in [-0.39, 0.29) is 11.8 Å². The highest BCUT2D eigenvalue weighted by Gasteiger charge is 2.24.